The molecule has 0 radical (unpaired) electrons. The number of hydrogen-bond donors (Lipinski definition) is 4. The molecule has 45 heavy (non-hydrogen) atoms. The number of thiocarbonyl (C=S) groups is 1. The van der Waals surface area contributed by atoms with E-state index in [0.29, 0.717) is 69.7 Å². The van der Waals surface area contributed by atoms with E-state index >= 15 is 0 Å². The molecule has 0 aliphatic carbocycles. The molecular weight excluding hydrogens is 602 g/mol. The van der Waals surface area contributed by atoms with Gasteiger partial charge in [-0.1, -0.05) is 24.3 Å². The highest BCUT2D eigenvalue weighted by molar-refractivity contribution is 7.78. The zero-order valence-corrected chi connectivity index (χ0v) is 25.5. The Hall–Kier alpha value is -3.98. The second kappa shape index (κ2) is 19.4. The summed E-state index contributed by atoms with van der Waals surface area (Å²) in [6.45, 7) is 3.09. The van der Waals surface area contributed by atoms with Gasteiger partial charge in [0, 0.05) is 32.7 Å². The van der Waals surface area contributed by atoms with Gasteiger partial charge in [-0.2, -0.15) is 4.99 Å². The molecule has 2 aromatic heterocycles. The normalized spacial score (nSPS) is 11.8. The second-order valence-corrected chi connectivity index (χ2v) is 9.94. The number of aromatic carboxylic acids is 2. The zero-order valence-electron chi connectivity index (χ0n) is 24.7. The Kier molecular flexibility index (Phi) is 15.3. The van der Waals surface area contributed by atoms with Crippen molar-refractivity contribution in [3.05, 3.63) is 89.0 Å². The van der Waals surface area contributed by atoms with Crippen LogP contribution in [0, 0.1) is 0 Å². The topological polar surface area (TPSA) is 178 Å². The number of hydrogen-bond acceptors (Lipinski definition) is 12. The summed E-state index contributed by atoms with van der Waals surface area (Å²) in [6.07, 6.45) is 0. The Morgan fingerprint density at radius 1 is 0.800 bits per heavy atom. The Labute approximate surface area is 266 Å². The number of aliphatic hydroxyl groups excluding tert-OH is 2. The quantitative estimate of drug-likeness (QED) is 0.0760. The summed E-state index contributed by atoms with van der Waals surface area (Å²) in [5.74, 6) is -2.23. The molecule has 0 fully saturated rings. The van der Waals surface area contributed by atoms with Crippen LogP contribution in [0.4, 0.5) is 5.69 Å². The van der Waals surface area contributed by atoms with E-state index in [-0.39, 0.29) is 31.1 Å². The van der Waals surface area contributed by atoms with Gasteiger partial charge in [0.05, 0.1) is 67.9 Å². The number of carbonyl (C=O) groups is 2. The van der Waals surface area contributed by atoms with Crippen LogP contribution >= 0.6 is 12.2 Å². The highest BCUT2D eigenvalue weighted by Gasteiger charge is 2.24. The van der Waals surface area contributed by atoms with Gasteiger partial charge in [0.2, 0.25) is 0 Å². The molecule has 0 bridgehead atoms. The molecule has 0 spiro atoms. The number of nitrogens with zero attached hydrogens (tertiary/aromatic N) is 5. The maximum Gasteiger partial charge on any atom is 0.354 e. The molecule has 3 rings (SSSR count). The molecule has 1 aromatic carbocycles. The SMILES string of the molecule is O=C(O)c1cccc(CN(CCO)CCOCCOCCN(CCO)C(c2ccc(N=C=S)cc2)c2cccc(C(=O)O)n2)n1. The van der Waals surface area contributed by atoms with Crippen molar-refractivity contribution >= 4 is 35.0 Å². The van der Waals surface area contributed by atoms with Crippen LogP contribution in [0.5, 0.6) is 0 Å². The molecule has 1 atom stereocenters. The number of benzene rings is 1. The van der Waals surface area contributed by atoms with Gasteiger partial charge in [0.15, 0.2) is 0 Å². The molecule has 3 aromatic rings. The minimum atomic E-state index is -1.14. The zero-order chi connectivity index (χ0) is 32.4. The summed E-state index contributed by atoms with van der Waals surface area (Å²) in [7, 11) is 0. The molecule has 0 saturated carbocycles. The van der Waals surface area contributed by atoms with E-state index in [2.05, 4.69) is 32.3 Å². The van der Waals surface area contributed by atoms with E-state index < -0.39 is 18.0 Å². The Morgan fingerprint density at radius 3 is 2.04 bits per heavy atom. The maximum absolute atomic E-state index is 11.6. The van der Waals surface area contributed by atoms with Crippen LogP contribution < -0.4 is 0 Å². The van der Waals surface area contributed by atoms with Crippen molar-refractivity contribution in [2.45, 2.75) is 12.6 Å². The van der Waals surface area contributed by atoms with Crippen LogP contribution in [-0.4, -0.2) is 123 Å². The average molecular weight is 640 g/mol. The van der Waals surface area contributed by atoms with E-state index in [4.69, 9.17) is 14.6 Å². The third kappa shape index (κ3) is 11.8. The van der Waals surface area contributed by atoms with Crippen LogP contribution in [0.15, 0.2) is 65.7 Å². The first-order valence-corrected chi connectivity index (χ1v) is 14.7. The highest BCUT2D eigenvalue weighted by Crippen LogP contribution is 2.29. The summed E-state index contributed by atoms with van der Waals surface area (Å²) < 4.78 is 11.5. The van der Waals surface area contributed by atoms with Gasteiger partial charge in [-0.05, 0) is 54.2 Å². The van der Waals surface area contributed by atoms with Crippen molar-refractivity contribution in [1.82, 2.24) is 19.8 Å². The third-order valence-electron chi connectivity index (χ3n) is 6.68. The predicted octanol–water partition coefficient (Wildman–Crippen LogP) is 2.52. The van der Waals surface area contributed by atoms with E-state index in [9.17, 15) is 24.9 Å². The van der Waals surface area contributed by atoms with E-state index in [0.717, 1.165) is 5.56 Å². The average Bonchev–Trinajstić information content (AvgIpc) is 3.03. The highest BCUT2D eigenvalue weighted by atomic mass is 32.1. The van der Waals surface area contributed by atoms with Gasteiger partial charge in [0.25, 0.3) is 0 Å². The number of carboxylic acid groups (broad SMARTS) is 2. The summed E-state index contributed by atoms with van der Waals surface area (Å²) in [5, 5.41) is 40.3. The second-order valence-electron chi connectivity index (χ2n) is 9.75. The van der Waals surface area contributed by atoms with Gasteiger partial charge in [-0.3, -0.25) is 9.80 Å². The minimum absolute atomic E-state index is 0.0339. The van der Waals surface area contributed by atoms with Gasteiger partial charge in [0.1, 0.15) is 11.4 Å². The number of aromatic nitrogens is 2. The fraction of sp³-hybridized carbons (Fsp3) is 0.387. The number of aliphatic hydroxyl groups is 2. The van der Waals surface area contributed by atoms with Crippen LogP contribution in [0.3, 0.4) is 0 Å². The van der Waals surface area contributed by atoms with Crippen molar-refractivity contribution in [3.8, 4) is 0 Å². The first kappa shape index (κ1) is 35.5. The van der Waals surface area contributed by atoms with Gasteiger partial charge >= 0.3 is 11.9 Å². The maximum atomic E-state index is 11.6. The lowest BCUT2D eigenvalue weighted by Crippen LogP contribution is -2.36. The molecule has 2 heterocycles. The van der Waals surface area contributed by atoms with Gasteiger partial charge in [-0.25, -0.2) is 19.6 Å². The molecular formula is C31H37N5O8S. The molecule has 0 saturated heterocycles. The number of ether oxygens (including phenoxy) is 2. The molecule has 0 amide bonds. The fourth-order valence-corrected chi connectivity index (χ4v) is 4.70. The molecule has 0 aliphatic rings. The number of aliphatic imine (C=N–C) groups is 1. The summed E-state index contributed by atoms with van der Waals surface area (Å²) in [6, 6.07) is 16.4. The molecule has 14 heteroatoms. The third-order valence-corrected chi connectivity index (χ3v) is 6.77. The van der Waals surface area contributed by atoms with E-state index in [1.807, 2.05) is 21.9 Å². The Balaban J connectivity index is 1.54. The Bertz CT molecular complexity index is 1420. The molecule has 4 N–H and O–H groups in total. The first-order valence-electron chi connectivity index (χ1n) is 14.3. The van der Waals surface area contributed by atoms with E-state index in [1.54, 1.807) is 36.4 Å². The first-order chi connectivity index (χ1) is 21.9. The lowest BCUT2D eigenvalue weighted by Gasteiger charge is -2.31. The number of isothiocyanates is 1. The monoisotopic (exact) mass is 639 g/mol. The standard InChI is InChI=1S/C31H37N5O8S/c37-15-11-35(21-25-3-1-5-27(33-25)30(39)40)13-17-43-19-20-44-18-14-36(12-16-38)29(23-7-9-24(10-8-23)32-22-45)26-4-2-6-28(34-26)31(41)42/h1-10,29,37-38H,11-21H2,(H,39,40)(H,41,42). The number of rotatable bonds is 21. The summed E-state index contributed by atoms with van der Waals surface area (Å²) in [5.41, 5.74) is 2.42. The van der Waals surface area contributed by atoms with Crippen LogP contribution in [0.2, 0.25) is 0 Å². The van der Waals surface area contributed by atoms with Crippen molar-refractivity contribution in [2.75, 3.05) is 65.8 Å². The van der Waals surface area contributed by atoms with Crippen molar-refractivity contribution in [2.24, 2.45) is 4.99 Å². The molecule has 240 valence electrons. The van der Waals surface area contributed by atoms with Crippen LogP contribution in [-0.2, 0) is 16.0 Å². The lowest BCUT2D eigenvalue weighted by molar-refractivity contribution is 0.0245. The Morgan fingerprint density at radius 2 is 1.42 bits per heavy atom. The fourth-order valence-electron chi connectivity index (χ4n) is 4.60. The predicted molar refractivity (Wildman–Crippen MR) is 168 cm³/mol. The number of carboxylic acids is 2. The largest absolute Gasteiger partial charge is 0.477 e. The smallest absolute Gasteiger partial charge is 0.354 e. The van der Waals surface area contributed by atoms with Crippen LogP contribution in [0.25, 0.3) is 0 Å². The van der Waals surface area contributed by atoms with Gasteiger partial charge < -0.3 is 29.9 Å². The molecule has 0 aliphatic heterocycles. The molecule has 1 unspecified atom stereocenters. The number of pyridine rings is 2. The molecule has 13 nitrogen and oxygen atoms in total. The van der Waals surface area contributed by atoms with Crippen molar-refractivity contribution in [3.63, 3.8) is 0 Å². The van der Waals surface area contributed by atoms with Crippen LogP contribution in [0.1, 0.15) is 44.0 Å². The lowest BCUT2D eigenvalue weighted by atomic mass is 10.00. The van der Waals surface area contributed by atoms with Crippen molar-refractivity contribution < 1.29 is 39.5 Å². The van der Waals surface area contributed by atoms with E-state index in [1.165, 1.54) is 12.1 Å². The minimum Gasteiger partial charge on any atom is -0.477 e. The summed E-state index contributed by atoms with van der Waals surface area (Å²) >= 11 is 4.69. The van der Waals surface area contributed by atoms with Gasteiger partial charge in [-0.15, -0.1) is 0 Å². The van der Waals surface area contributed by atoms with Crippen molar-refractivity contribution in [1.29, 1.82) is 0 Å². The summed E-state index contributed by atoms with van der Waals surface area (Å²) in [4.78, 5) is 39.2.